The number of nitrogens with zero attached hydrogens (tertiary/aromatic N) is 3. The fourth-order valence-corrected chi connectivity index (χ4v) is 1.55. The van der Waals surface area contributed by atoms with Gasteiger partial charge in [0, 0.05) is 25.7 Å². The molecule has 5 heteroatoms. The molecule has 0 radical (unpaired) electrons. The summed E-state index contributed by atoms with van der Waals surface area (Å²) in [5.74, 6) is 1.70. The van der Waals surface area contributed by atoms with Gasteiger partial charge in [0.25, 0.3) is 0 Å². The van der Waals surface area contributed by atoms with Gasteiger partial charge >= 0.3 is 0 Å². The minimum atomic E-state index is -0.421. The van der Waals surface area contributed by atoms with Crippen LogP contribution in [0.1, 0.15) is 11.6 Å². The molecular formula is C9H14N4O. The van der Waals surface area contributed by atoms with E-state index >= 15 is 0 Å². The molecule has 1 unspecified atom stereocenters. The standard InChI is InChI=1S/C9H14N4O/c1-6-11-12-9(13(6)2)7-3-8(14)5-10-4-7/h3,8,10,14H,4-5H2,1-2H3. The lowest BCUT2D eigenvalue weighted by Crippen LogP contribution is -2.32. The smallest absolute Gasteiger partial charge is 0.160 e. The van der Waals surface area contributed by atoms with Crippen molar-refractivity contribution < 1.29 is 5.11 Å². The molecule has 0 spiro atoms. The van der Waals surface area contributed by atoms with Crippen molar-refractivity contribution in [2.75, 3.05) is 13.1 Å². The van der Waals surface area contributed by atoms with Crippen LogP contribution in [0, 0.1) is 6.92 Å². The van der Waals surface area contributed by atoms with Crippen molar-refractivity contribution >= 4 is 5.57 Å². The van der Waals surface area contributed by atoms with E-state index in [0.29, 0.717) is 6.54 Å². The lowest BCUT2D eigenvalue weighted by molar-refractivity contribution is 0.216. The summed E-state index contributed by atoms with van der Waals surface area (Å²) in [6.07, 6.45) is 1.41. The fraction of sp³-hybridized carbons (Fsp3) is 0.556. The first-order chi connectivity index (χ1) is 6.68. The maximum Gasteiger partial charge on any atom is 0.160 e. The molecule has 0 bridgehead atoms. The minimum absolute atomic E-state index is 0.421. The Labute approximate surface area is 82.5 Å². The maximum absolute atomic E-state index is 9.44. The number of aliphatic hydroxyl groups excluding tert-OH is 1. The number of aromatic nitrogens is 3. The number of hydrogen-bond acceptors (Lipinski definition) is 4. The van der Waals surface area contributed by atoms with Crippen LogP contribution in [0.2, 0.25) is 0 Å². The average Bonchev–Trinajstić information content (AvgIpc) is 2.48. The van der Waals surface area contributed by atoms with Crippen molar-refractivity contribution in [3.63, 3.8) is 0 Å². The molecular weight excluding hydrogens is 180 g/mol. The van der Waals surface area contributed by atoms with Crippen LogP contribution >= 0.6 is 0 Å². The van der Waals surface area contributed by atoms with Crippen molar-refractivity contribution in [3.05, 3.63) is 17.7 Å². The molecule has 0 fully saturated rings. The van der Waals surface area contributed by atoms with Gasteiger partial charge in [0.05, 0.1) is 6.10 Å². The summed E-state index contributed by atoms with van der Waals surface area (Å²) in [5.41, 5.74) is 1.01. The fourth-order valence-electron chi connectivity index (χ4n) is 1.55. The molecule has 2 heterocycles. The Bertz CT molecular complexity index is 369. The van der Waals surface area contributed by atoms with Crippen LogP contribution in [0.15, 0.2) is 6.08 Å². The van der Waals surface area contributed by atoms with Gasteiger partial charge in [-0.15, -0.1) is 10.2 Å². The van der Waals surface area contributed by atoms with Crippen molar-refractivity contribution in [1.82, 2.24) is 20.1 Å². The van der Waals surface area contributed by atoms with Crippen LogP contribution < -0.4 is 5.32 Å². The van der Waals surface area contributed by atoms with E-state index in [1.807, 2.05) is 24.6 Å². The zero-order chi connectivity index (χ0) is 10.1. The monoisotopic (exact) mass is 194 g/mol. The summed E-state index contributed by atoms with van der Waals surface area (Å²) in [4.78, 5) is 0. The Hall–Kier alpha value is -1.20. The lowest BCUT2D eigenvalue weighted by atomic mass is 10.1. The van der Waals surface area contributed by atoms with Crippen LogP contribution in [-0.2, 0) is 7.05 Å². The Morgan fingerprint density at radius 3 is 2.93 bits per heavy atom. The normalized spacial score (nSPS) is 22.2. The Morgan fingerprint density at radius 1 is 1.57 bits per heavy atom. The quantitative estimate of drug-likeness (QED) is 0.631. The number of aliphatic hydroxyl groups is 1. The molecule has 2 N–H and O–H groups in total. The molecule has 0 amide bonds. The van der Waals surface area contributed by atoms with Crippen LogP contribution in [0.25, 0.3) is 5.57 Å². The van der Waals surface area contributed by atoms with Crippen LogP contribution in [0.4, 0.5) is 0 Å². The van der Waals surface area contributed by atoms with E-state index in [0.717, 1.165) is 23.8 Å². The van der Waals surface area contributed by atoms with Gasteiger partial charge in [-0.1, -0.05) is 0 Å². The summed E-state index contributed by atoms with van der Waals surface area (Å²) >= 11 is 0. The second kappa shape index (κ2) is 3.51. The second-order valence-electron chi connectivity index (χ2n) is 3.52. The first kappa shape index (κ1) is 9.36. The molecule has 0 aromatic carbocycles. The molecule has 0 saturated heterocycles. The molecule has 2 rings (SSSR count). The van der Waals surface area contributed by atoms with E-state index in [2.05, 4.69) is 15.5 Å². The first-order valence-corrected chi connectivity index (χ1v) is 4.64. The molecule has 76 valence electrons. The van der Waals surface area contributed by atoms with Crippen LogP contribution in [0.5, 0.6) is 0 Å². The van der Waals surface area contributed by atoms with Gasteiger partial charge in [0.2, 0.25) is 0 Å². The predicted octanol–water partition coefficient (Wildman–Crippen LogP) is -0.529. The van der Waals surface area contributed by atoms with E-state index in [9.17, 15) is 5.11 Å². The Kier molecular flexibility index (Phi) is 2.35. The average molecular weight is 194 g/mol. The van der Waals surface area contributed by atoms with Crippen molar-refractivity contribution in [2.45, 2.75) is 13.0 Å². The number of β-amino-alcohol motifs (C(OH)–C–C–N with tert-alkyl or cyclic N) is 1. The highest BCUT2D eigenvalue weighted by Crippen LogP contribution is 2.14. The van der Waals surface area contributed by atoms with Crippen molar-refractivity contribution in [1.29, 1.82) is 0 Å². The maximum atomic E-state index is 9.44. The summed E-state index contributed by atoms with van der Waals surface area (Å²) in [7, 11) is 1.92. The molecule has 1 aromatic rings. The van der Waals surface area contributed by atoms with Gasteiger partial charge in [-0.25, -0.2) is 0 Å². The zero-order valence-corrected chi connectivity index (χ0v) is 8.36. The number of hydrogen-bond donors (Lipinski definition) is 2. The van der Waals surface area contributed by atoms with E-state index in [1.165, 1.54) is 0 Å². The molecule has 1 aromatic heterocycles. The third kappa shape index (κ3) is 1.56. The van der Waals surface area contributed by atoms with Crippen molar-refractivity contribution in [3.8, 4) is 0 Å². The predicted molar refractivity (Wildman–Crippen MR) is 52.6 cm³/mol. The molecule has 0 saturated carbocycles. The summed E-state index contributed by atoms with van der Waals surface area (Å²) in [5, 5.41) is 20.6. The van der Waals surface area contributed by atoms with Gasteiger partial charge in [0.1, 0.15) is 5.82 Å². The zero-order valence-electron chi connectivity index (χ0n) is 8.36. The Morgan fingerprint density at radius 2 is 2.36 bits per heavy atom. The number of rotatable bonds is 1. The highest BCUT2D eigenvalue weighted by molar-refractivity contribution is 5.63. The summed E-state index contributed by atoms with van der Waals surface area (Å²) in [6, 6.07) is 0. The topological polar surface area (TPSA) is 63.0 Å². The number of aryl methyl sites for hydroxylation is 1. The third-order valence-corrected chi connectivity index (χ3v) is 2.44. The third-order valence-electron chi connectivity index (χ3n) is 2.44. The number of nitrogens with one attached hydrogen (secondary N) is 1. The molecule has 1 aliphatic rings. The molecule has 0 aliphatic carbocycles. The summed E-state index contributed by atoms with van der Waals surface area (Å²) < 4.78 is 1.92. The van der Waals surface area contributed by atoms with Gasteiger partial charge in [-0.3, -0.25) is 0 Å². The molecule has 14 heavy (non-hydrogen) atoms. The highest BCUT2D eigenvalue weighted by atomic mass is 16.3. The van der Waals surface area contributed by atoms with E-state index in [4.69, 9.17) is 0 Å². The van der Waals surface area contributed by atoms with Gasteiger partial charge < -0.3 is 15.0 Å². The van der Waals surface area contributed by atoms with E-state index in [-0.39, 0.29) is 0 Å². The highest BCUT2D eigenvalue weighted by Gasteiger charge is 2.16. The molecule has 5 nitrogen and oxygen atoms in total. The first-order valence-electron chi connectivity index (χ1n) is 4.64. The van der Waals surface area contributed by atoms with Crippen molar-refractivity contribution in [2.24, 2.45) is 7.05 Å². The van der Waals surface area contributed by atoms with E-state index in [1.54, 1.807) is 0 Å². The SMILES string of the molecule is Cc1nnc(C2=CC(O)CNC2)n1C. The van der Waals surface area contributed by atoms with Crippen LogP contribution in [-0.4, -0.2) is 39.1 Å². The lowest BCUT2D eigenvalue weighted by Gasteiger charge is -2.17. The summed E-state index contributed by atoms with van der Waals surface area (Å²) in [6.45, 7) is 3.26. The minimum Gasteiger partial charge on any atom is -0.388 e. The van der Waals surface area contributed by atoms with E-state index < -0.39 is 6.10 Å². The van der Waals surface area contributed by atoms with Gasteiger partial charge in [-0.2, -0.15) is 0 Å². The van der Waals surface area contributed by atoms with Crippen LogP contribution in [0.3, 0.4) is 0 Å². The largest absolute Gasteiger partial charge is 0.388 e. The Balaban J connectivity index is 2.35. The molecule has 1 aliphatic heterocycles. The molecule has 1 atom stereocenters. The van der Waals surface area contributed by atoms with Gasteiger partial charge in [0.15, 0.2) is 5.82 Å². The van der Waals surface area contributed by atoms with Gasteiger partial charge in [-0.05, 0) is 13.0 Å². The second-order valence-corrected chi connectivity index (χ2v) is 3.52.